The van der Waals surface area contributed by atoms with Crippen LogP contribution in [0.5, 0.6) is 5.88 Å². The molecule has 13 heavy (non-hydrogen) atoms. The first-order valence-electron chi connectivity index (χ1n) is 3.83. The summed E-state index contributed by atoms with van der Waals surface area (Å²) in [6.07, 6.45) is 1.98. The molecule has 66 valence electrons. The molecule has 0 atom stereocenters. The molecule has 0 aliphatic heterocycles. The zero-order chi connectivity index (χ0) is 9.68. The van der Waals surface area contributed by atoms with Crippen molar-refractivity contribution in [1.29, 1.82) is 5.26 Å². The molecule has 0 saturated heterocycles. The van der Waals surface area contributed by atoms with Gasteiger partial charge >= 0.3 is 0 Å². The molecular weight excluding hydrogens is 164 g/mol. The predicted molar refractivity (Wildman–Crippen MR) is 50.1 cm³/mol. The number of nitriles is 1. The minimum atomic E-state index is 0.327. The predicted octanol–water partition coefficient (Wildman–Crippen LogP) is 2.02. The molecule has 1 rings (SSSR count). The molecule has 3 nitrogen and oxygen atoms in total. The van der Waals surface area contributed by atoms with E-state index in [0.717, 1.165) is 11.1 Å². The molecule has 0 spiro atoms. The number of ether oxygens (including phenoxy) is 1. The number of pyridine rings is 1. The lowest BCUT2D eigenvalue weighted by molar-refractivity contribution is 0.398. The van der Waals surface area contributed by atoms with Gasteiger partial charge in [-0.25, -0.2) is 4.98 Å². The van der Waals surface area contributed by atoms with Gasteiger partial charge in [0, 0.05) is 12.3 Å². The van der Waals surface area contributed by atoms with Gasteiger partial charge in [-0.2, -0.15) is 5.26 Å². The lowest BCUT2D eigenvalue weighted by Gasteiger charge is -2.01. The smallest absolute Gasteiger partial charge is 0.212 e. The second-order valence-electron chi connectivity index (χ2n) is 2.53. The molecule has 1 aromatic heterocycles. The largest absolute Gasteiger partial charge is 0.481 e. The fraction of sp³-hybridized carbons (Fsp3) is 0.200. The van der Waals surface area contributed by atoms with Crippen LogP contribution in [0.3, 0.4) is 0 Å². The van der Waals surface area contributed by atoms with Gasteiger partial charge < -0.3 is 4.74 Å². The number of hydrogen-bond acceptors (Lipinski definition) is 3. The molecule has 0 N–H and O–H groups in total. The van der Waals surface area contributed by atoms with Crippen LogP contribution in [0.15, 0.2) is 24.9 Å². The van der Waals surface area contributed by atoms with Gasteiger partial charge in [0.1, 0.15) is 0 Å². The third-order valence-corrected chi connectivity index (χ3v) is 1.65. The lowest BCUT2D eigenvalue weighted by Crippen LogP contribution is -1.88. The molecule has 0 amide bonds. The highest BCUT2D eigenvalue weighted by molar-refractivity contribution is 5.64. The zero-order valence-corrected chi connectivity index (χ0v) is 7.45. The highest BCUT2D eigenvalue weighted by Gasteiger charge is 1.98. The highest BCUT2D eigenvalue weighted by atomic mass is 16.5. The normalized spacial score (nSPS) is 8.92. The van der Waals surface area contributed by atoms with Crippen molar-refractivity contribution in [3.05, 3.63) is 30.5 Å². The molecule has 1 heterocycles. The molecule has 3 heteroatoms. The fourth-order valence-corrected chi connectivity index (χ4v) is 0.908. The van der Waals surface area contributed by atoms with Crippen LogP contribution in [0.4, 0.5) is 0 Å². The average Bonchev–Trinajstić information content (AvgIpc) is 2.18. The third-order valence-electron chi connectivity index (χ3n) is 1.65. The van der Waals surface area contributed by atoms with Crippen molar-refractivity contribution < 1.29 is 4.74 Å². The van der Waals surface area contributed by atoms with Gasteiger partial charge in [-0.3, -0.25) is 0 Å². The second kappa shape index (κ2) is 4.27. The van der Waals surface area contributed by atoms with Crippen LogP contribution in [0.2, 0.25) is 0 Å². The Morgan fingerprint density at radius 3 is 2.92 bits per heavy atom. The molecule has 1 aromatic rings. The van der Waals surface area contributed by atoms with Gasteiger partial charge in [0.2, 0.25) is 5.88 Å². The summed E-state index contributed by atoms with van der Waals surface area (Å²) in [5, 5.41) is 8.44. The van der Waals surface area contributed by atoms with E-state index in [1.807, 2.05) is 12.1 Å². The first-order valence-corrected chi connectivity index (χ1v) is 3.83. The molecule has 0 unspecified atom stereocenters. The minimum absolute atomic E-state index is 0.327. The van der Waals surface area contributed by atoms with E-state index in [9.17, 15) is 0 Å². The number of hydrogen-bond donors (Lipinski definition) is 0. The van der Waals surface area contributed by atoms with E-state index in [1.54, 1.807) is 19.4 Å². The third kappa shape index (κ3) is 2.31. The molecule has 0 fully saturated rings. The number of nitrogens with zero attached hydrogens (tertiary/aromatic N) is 2. The molecular formula is C10H10N2O. The Bertz CT molecular complexity index is 335. The maximum absolute atomic E-state index is 8.44. The molecule has 0 aliphatic carbocycles. The minimum Gasteiger partial charge on any atom is -0.481 e. The van der Waals surface area contributed by atoms with Crippen molar-refractivity contribution in [2.45, 2.75) is 6.42 Å². The van der Waals surface area contributed by atoms with Crippen LogP contribution in [0, 0.1) is 11.3 Å². The van der Waals surface area contributed by atoms with E-state index in [0.29, 0.717) is 12.3 Å². The van der Waals surface area contributed by atoms with Gasteiger partial charge in [-0.1, -0.05) is 6.58 Å². The molecule has 0 aromatic carbocycles. The Morgan fingerprint density at radius 1 is 1.69 bits per heavy atom. The van der Waals surface area contributed by atoms with Gasteiger partial charge in [0.05, 0.1) is 19.6 Å². The van der Waals surface area contributed by atoms with Crippen LogP contribution < -0.4 is 4.74 Å². The van der Waals surface area contributed by atoms with Crippen molar-refractivity contribution in [1.82, 2.24) is 4.98 Å². The topological polar surface area (TPSA) is 45.9 Å². The summed E-state index contributed by atoms with van der Waals surface area (Å²) in [4.78, 5) is 4.01. The monoisotopic (exact) mass is 174 g/mol. The molecule has 0 aliphatic rings. The Morgan fingerprint density at radius 2 is 2.46 bits per heavy atom. The van der Waals surface area contributed by atoms with Crippen molar-refractivity contribution in [3.63, 3.8) is 0 Å². The van der Waals surface area contributed by atoms with E-state index in [-0.39, 0.29) is 0 Å². The summed E-state index contributed by atoms with van der Waals surface area (Å²) >= 11 is 0. The van der Waals surface area contributed by atoms with E-state index >= 15 is 0 Å². The molecule has 0 bridgehead atoms. The van der Waals surface area contributed by atoms with Gasteiger partial charge in [-0.05, 0) is 17.2 Å². The first-order chi connectivity index (χ1) is 6.27. The Labute approximate surface area is 77.3 Å². The summed E-state index contributed by atoms with van der Waals surface area (Å²) < 4.78 is 4.90. The van der Waals surface area contributed by atoms with Crippen molar-refractivity contribution in [2.24, 2.45) is 0 Å². The average molecular weight is 174 g/mol. The maximum Gasteiger partial charge on any atom is 0.212 e. The van der Waals surface area contributed by atoms with Crippen molar-refractivity contribution >= 4 is 5.57 Å². The van der Waals surface area contributed by atoms with Gasteiger partial charge in [0.25, 0.3) is 0 Å². The molecule has 0 saturated carbocycles. The summed E-state index contributed by atoms with van der Waals surface area (Å²) in [5.74, 6) is 0.563. The Hall–Kier alpha value is -1.82. The zero-order valence-electron chi connectivity index (χ0n) is 7.45. The summed E-state index contributed by atoms with van der Waals surface area (Å²) in [5.41, 5.74) is 1.65. The Balaban J connectivity index is 2.81. The first kappa shape index (κ1) is 9.27. The number of allylic oxidation sites excluding steroid dienone is 1. The maximum atomic E-state index is 8.44. The summed E-state index contributed by atoms with van der Waals surface area (Å²) in [7, 11) is 1.56. The van der Waals surface area contributed by atoms with E-state index < -0.39 is 0 Å². The quantitative estimate of drug-likeness (QED) is 0.704. The SMILES string of the molecule is C=C(CC#N)c1ccc(OC)nc1. The van der Waals surface area contributed by atoms with Gasteiger partial charge in [-0.15, -0.1) is 0 Å². The van der Waals surface area contributed by atoms with Crippen LogP contribution in [-0.2, 0) is 0 Å². The van der Waals surface area contributed by atoms with Crippen LogP contribution in [0.25, 0.3) is 5.57 Å². The van der Waals surface area contributed by atoms with E-state index in [4.69, 9.17) is 10.00 Å². The fourth-order valence-electron chi connectivity index (χ4n) is 0.908. The van der Waals surface area contributed by atoms with Crippen LogP contribution >= 0.6 is 0 Å². The second-order valence-corrected chi connectivity index (χ2v) is 2.53. The van der Waals surface area contributed by atoms with Crippen LogP contribution in [0.1, 0.15) is 12.0 Å². The van der Waals surface area contributed by atoms with Crippen molar-refractivity contribution in [2.75, 3.05) is 7.11 Å². The number of aromatic nitrogens is 1. The Kier molecular flexibility index (Phi) is 3.04. The van der Waals surface area contributed by atoms with E-state index in [2.05, 4.69) is 11.6 Å². The van der Waals surface area contributed by atoms with E-state index in [1.165, 1.54) is 0 Å². The summed E-state index contributed by atoms with van der Waals surface area (Å²) in [6, 6.07) is 5.62. The highest BCUT2D eigenvalue weighted by Crippen LogP contribution is 2.16. The molecule has 0 radical (unpaired) electrons. The summed E-state index contributed by atoms with van der Waals surface area (Å²) in [6.45, 7) is 3.77. The number of rotatable bonds is 3. The lowest BCUT2D eigenvalue weighted by atomic mass is 10.1. The van der Waals surface area contributed by atoms with Crippen LogP contribution in [-0.4, -0.2) is 12.1 Å². The van der Waals surface area contributed by atoms with Crippen molar-refractivity contribution in [3.8, 4) is 11.9 Å². The number of methoxy groups -OCH3 is 1. The van der Waals surface area contributed by atoms with Gasteiger partial charge in [0.15, 0.2) is 0 Å². The standard InChI is InChI=1S/C10H10N2O/c1-8(5-6-11)9-3-4-10(13-2)12-7-9/h3-4,7H,1,5H2,2H3.